The normalized spacial score (nSPS) is 36.0. The second-order valence-corrected chi connectivity index (χ2v) is 7.63. The van der Waals surface area contributed by atoms with Crippen LogP contribution in [0.3, 0.4) is 0 Å². The molecule has 0 N–H and O–H groups in total. The summed E-state index contributed by atoms with van der Waals surface area (Å²) in [4.78, 5) is 0. The molecule has 0 radical (unpaired) electrons. The Bertz CT molecular complexity index is 554. The van der Waals surface area contributed by atoms with Crippen LogP contribution in [-0.2, 0) is 9.47 Å². The third-order valence-corrected chi connectivity index (χ3v) is 5.72. The second-order valence-electron chi connectivity index (χ2n) is 7.63. The molecular weight excluding hydrogens is 284 g/mol. The highest BCUT2D eigenvalue weighted by molar-refractivity contribution is 5.31. The molecular formula is C21H30O2. The molecule has 23 heavy (non-hydrogen) atoms. The van der Waals surface area contributed by atoms with Crippen LogP contribution in [-0.4, -0.2) is 13.7 Å². The fraction of sp³-hybridized carbons (Fsp3) is 0.619. The van der Waals surface area contributed by atoms with Crippen molar-refractivity contribution in [2.45, 2.75) is 46.0 Å². The van der Waals surface area contributed by atoms with Gasteiger partial charge >= 0.3 is 0 Å². The van der Waals surface area contributed by atoms with Crippen molar-refractivity contribution in [3.63, 3.8) is 0 Å². The Morgan fingerprint density at radius 1 is 1.39 bits per heavy atom. The van der Waals surface area contributed by atoms with Crippen LogP contribution in [0.5, 0.6) is 0 Å². The predicted octanol–water partition coefficient (Wildman–Crippen LogP) is 5.40. The van der Waals surface area contributed by atoms with Crippen LogP contribution in [0.25, 0.3) is 0 Å². The molecule has 126 valence electrons. The Morgan fingerprint density at radius 3 is 2.91 bits per heavy atom. The minimum absolute atomic E-state index is 0.281. The molecule has 2 heteroatoms. The molecule has 3 rings (SSSR count). The van der Waals surface area contributed by atoms with Gasteiger partial charge in [0.2, 0.25) is 0 Å². The second kappa shape index (κ2) is 6.59. The molecule has 4 unspecified atom stereocenters. The average Bonchev–Trinajstić information content (AvgIpc) is 3.23. The Kier molecular flexibility index (Phi) is 4.70. The third kappa shape index (κ3) is 3.27. The molecule has 2 nitrogen and oxygen atoms in total. The number of hydrogen-bond donors (Lipinski definition) is 0. The van der Waals surface area contributed by atoms with Crippen LogP contribution in [0.15, 0.2) is 48.0 Å². The van der Waals surface area contributed by atoms with Crippen molar-refractivity contribution < 1.29 is 9.47 Å². The predicted molar refractivity (Wildman–Crippen MR) is 94.7 cm³/mol. The summed E-state index contributed by atoms with van der Waals surface area (Å²) in [5.74, 6) is 4.19. The lowest BCUT2D eigenvalue weighted by Crippen LogP contribution is -2.22. The minimum Gasteiger partial charge on any atom is -0.497 e. The highest BCUT2D eigenvalue weighted by atomic mass is 16.5. The van der Waals surface area contributed by atoms with Gasteiger partial charge in [0, 0.05) is 5.41 Å². The minimum atomic E-state index is 0.281. The van der Waals surface area contributed by atoms with Crippen LogP contribution >= 0.6 is 0 Å². The van der Waals surface area contributed by atoms with E-state index in [0.717, 1.165) is 31.1 Å². The number of rotatable bonds is 6. The average molecular weight is 314 g/mol. The molecule has 0 heterocycles. The smallest absolute Gasteiger partial charge is 0.114 e. The quantitative estimate of drug-likeness (QED) is 0.611. The molecule has 1 fully saturated rings. The van der Waals surface area contributed by atoms with Gasteiger partial charge in [0.1, 0.15) is 11.5 Å². The number of methoxy groups -OCH3 is 1. The molecule has 0 aromatic carbocycles. The topological polar surface area (TPSA) is 18.5 Å². The summed E-state index contributed by atoms with van der Waals surface area (Å²) >= 11 is 0. The molecule has 0 aliphatic heterocycles. The van der Waals surface area contributed by atoms with Gasteiger partial charge in [0.05, 0.1) is 13.7 Å². The van der Waals surface area contributed by atoms with E-state index in [1.54, 1.807) is 7.11 Å². The first-order valence-electron chi connectivity index (χ1n) is 8.97. The van der Waals surface area contributed by atoms with Crippen LogP contribution in [0, 0.1) is 23.2 Å². The van der Waals surface area contributed by atoms with Gasteiger partial charge in [-0.05, 0) is 74.5 Å². The summed E-state index contributed by atoms with van der Waals surface area (Å²) < 4.78 is 11.7. The molecule has 0 bridgehead atoms. The zero-order valence-electron chi connectivity index (χ0n) is 14.8. The Balaban J connectivity index is 1.61. The molecule has 4 atom stereocenters. The first-order valence-corrected chi connectivity index (χ1v) is 8.97. The van der Waals surface area contributed by atoms with E-state index in [1.165, 1.54) is 30.6 Å². The van der Waals surface area contributed by atoms with E-state index >= 15 is 0 Å². The zero-order chi connectivity index (χ0) is 16.4. The summed E-state index contributed by atoms with van der Waals surface area (Å²) in [7, 11) is 1.73. The molecule has 1 saturated carbocycles. The summed E-state index contributed by atoms with van der Waals surface area (Å²) in [5.41, 5.74) is 1.74. The molecule has 0 aromatic heterocycles. The first-order chi connectivity index (χ1) is 11.1. The standard InChI is InChI=1S/C21H30O2/c1-5-18-14-21(18)13-15(2)11-16(3)20(21)23-10-9-17-7-6-8-19(12-17)22-4/h5-6,8,12,15,17-18H,1,7,9-11,13-14H2,2-4H3. The molecule has 3 aliphatic carbocycles. The first kappa shape index (κ1) is 16.4. The highest BCUT2D eigenvalue weighted by Crippen LogP contribution is 2.65. The number of allylic oxidation sites excluding steroid dienone is 6. The van der Waals surface area contributed by atoms with Crippen molar-refractivity contribution in [3.8, 4) is 0 Å². The Hall–Kier alpha value is -1.44. The molecule has 3 aliphatic rings. The molecule has 1 spiro atoms. The number of hydrogen-bond acceptors (Lipinski definition) is 2. The van der Waals surface area contributed by atoms with Gasteiger partial charge < -0.3 is 9.47 Å². The van der Waals surface area contributed by atoms with Gasteiger partial charge in [-0.2, -0.15) is 0 Å². The van der Waals surface area contributed by atoms with E-state index in [-0.39, 0.29) is 5.41 Å². The lowest BCUT2D eigenvalue weighted by atomic mass is 9.78. The van der Waals surface area contributed by atoms with Crippen molar-refractivity contribution in [2.24, 2.45) is 23.2 Å². The summed E-state index contributed by atoms with van der Waals surface area (Å²) in [5, 5.41) is 0. The van der Waals surface area contributed by atoms with Gasteiger partial charge in [0.15, 0.2) is 0 Å². The van der Waals surface area contributed by atoms with Crippen LogP contribution in [0.2, 0.25) is 0 Å². The van der Waals surface area contributed by atoms with Gasteiger partial charge in [-0.25, -0.2) is 0 Å². The SMILES string of the molecule is C=CC1CC12CC(C)CC(C)=C2OCCC1C=C(OC)C=CC1. The van der Waals surface area contributed by atoms with Crippen LogP contribution < -0.4 is 0 Å². The maximum absolute atomic E-state index is 6.36. The van der Waals surface area contributed by atoms with Crippen molar-refractivity contribution in [2.75, 3.05) is 13.7 Å². The van der Waals surface area contributed by atoms with Crippen molar-refractivity contribution >= 4 is 0 Å². The Morgan fingerprint density at radius 2 is 2.22 bits per heavy atom. The maximum atomic E-state index is 6.36. The molecule has 0 saturated heterocycles. The third-order valence-electron chi connectivity index (χ3n) is 5.72. The van der Waals surface area contributed by atoms with Crippen molar-refractivity contribution in [1.29, 1.82) is 0 Å². The molecule has 0 aromatic rings. The zero-order valence-corrected chi connectivity index (χ0v) is 14.8. The number of ether oxygens (including phenoxy) is 2. The van der Waals surface area contributed by atoms with Gasteiger partial charge in [-0.1, -0.05) is 19.1 Å². The van der Waals surface area contributed by atoms with E-state index in [1.807, 2.05) is 0 Å². The van der Waals surface area contributed by atoms with E-state index in [0.29, 0.717) is 11.8 Å². The lowest BCUT2D eigenvalue weighted by molar-refractivity contribution is 0.128. The monoisotopic (exact) mass is 314 g/mol. The van der Waals surface area contributed by atoms with Crippen LogP contribution in [0.1, 0.15) is 46.0 Å². The summed E-state index contributed by atoms with van der Waals surface area (Å²) in [6, 6.07) is 0. The Labute approximate surface area is 140 Å². The van der Waals surface area contributed by atoms with E-state index in [4.69, 9.17) is 9.47 Å². The van der Waals surface area contributed by atoms with E-state index in [9.17, 15) is 0 Å². The summed E-state index contributed by atoms with van der Waals surface area (Å²) in [6.07, 6.45) is 14.4. The lowest BCUT2D eigenvalue weighted by Gasteiger charge is -2.32. The largest absolute Gasteiger partial charge is 0.497 e. The van der Waals surface area contributed by atoms with Gasteiger partial charge in [0.25, 0.3) is 0 Å². The van der Waals surface area contributed by atoms with Gasteiger partial charge in [-0.15, -0.1) is 6.58 Å². The van der Waals surface area contributed by atoms with E-state index in [2.05, 4.69) is 44.7 Å². The fourth-order valence-electron chi connectivity index (χ4n) is 4.60. The fourth-order valence-corrected chi connectivity index (χ4v) is 4.60. The highest BCUT2D eigenvalue weighted by Gasteiger charge is 2.58. The van der Waals surface area contributed by atoms with Crippen molar-refractivity contribution in [3.05, 3.63) is 48.0 Å². The van der Waals surface area contributed by atoms with E-state index < -0.39 is 0 Å². The summed E-state index contributed by atoms with van der Waals surface area (Å²) in [6.45, 7) is 9.45. The van der Waals surface area contributed by atoms with Crippen molar-refractivity contribution in [1.82, 2.24) is 0 Å². The maximum Gasteiger partial charge on any atom is 0.114 e. The van der Waals surface area contributed by atoms with Gasteiger partial charge in [-0.3, -0.25) is 0 Å². The molecule has 0 amide bonds. The van der Waals surface area contributed by atoms with Crippen LogP contribution in [0.4, 0.5) is 0 Å².